The minimum absolute atomic E-state index is 0.0872. The van der Waals surface area contributed by atoms with Gasteiger partial charge < -0.3 is 19.7 Å². The van der Waals surface area contributed by atoms with Gasteiger partial charge in [0.25, 0.3) is 0 Å². The summed E-state index contributed by atoms with van der Waals surface area (Å²) in [6.07, 6.45) is 0.346. The van der Waals surface area contributed by atoms with Crippen molar-refractivity contribution in [2.45, 2.75) is 59.5 Å². The van der Waals surface area contributed by atoms with E-state index in [0.717, 1.165) is 49.4 Å². The lowest BCUT2D eigenvalue weighted by atomic mass is 9.87. The van der Waals surface area contributed by atoms with Crippen molar-refractivity contribution in [1.82, 2.24) is 10.2 Å². The third kappa shape index (κ3) is 12.6. The lowest BCUT2D eigenvalue weighted by Crippen LogP contribution is -2.26. The highest BCUT2D eigenvalue weighted by Gasteiger charge is 2.22. The third-order valence-electron chi connectivity index (χ3n) is 4.76. The Kier molecular flexibility index (Phi) is 18.5. The van der Waals surface area contributed by atoms with E-state index in [9.17, 15) is 8.78 Å². The molecule has 0 amide bonds. The zero-order valence-electron chi connectivity index (χ0n) is 22.0. The fourth-order valence-electron chi connectivity index (χ4n) is 3.28. The molecule has 0 saturated heterocycles. The summed E-state index contributed by atoms with van der Waals surface area (Å²) < 4.78 is 37.0. The first-order valence-corrected chi connectivity index (χ1v) is 13.0. The Labute approximate surface area is 208 Å². The van der Waals surface area contributed by atoms with Crippen LogP contribution in [0.15, 0.2) is 42.5 Å². The Morgan fingerprint density at radius 2 is 1.76 bits per heavy atom. The summed E-state index contributed by atoms with van der Waals surface area (Å²) in [5, 5.41) is 3.24. The molecular formula is C27H45F2N2O2P. The molecular weight excluding hydrogens is 453 g/mol. The van der Waals surface area contributed by atoms with Gasteiger partial charge in [-0.2, -0.15) is 4.39 Å². The van der Waals surface area contributed by atoms with Gasteiger partial charge in [0.1, 0.15) is 17.3 Å². The topological polar surface area (TPSA) is 33.7 Å². The number of nitrogens with one attached hydrogen (secondary N) is 1. The van der Waals surface area contributed by atoms with Crippen molar-refractivity contribution in [3.05, 3.63) is 59.4 Å². The van der Waals surface area contributed by atoms with E-state index in [1.54, 1.807) is 24.3 Å². The Morgan fingerprint density at radius 3 is 2.32 bits per heavy atom. The smallest absolute Gasteiger partial charge is 0.249 e. The van der Waals surface area contributed by atoms with Gasteiger partial charge in [-0.3, -0.25) is 0 Å². The molecule has 1 heterocycles. The Hall–Kier alpha value is -1.75. The lowest BCUT2D eigenvalue weighted by Gasteiger charge is -2.18. The molecule has 7 heteroatoms. The van der Waals surface area contributed by atoms with Crippen LogP contribution in [0.5, 0.6) is 11.5 Å². The molecule has 2 aromatic rings. The van der Waals surface area contributed by atoms with Gasteiger partial charge >= 0.3 is 0 Å². The maximum atomic E-state index is 13.1. The highest BCUT2D eigenvalue weighted by atomic mass is 31.0. The van der Waals surface area contributed by atoms with Crippen LogP contribution in [0, 0.1) is 5.82 Å². The van der Waals surface area contributed by atoms with E-state index in [-0.39, 0.29) is 11.7 Å². The van der Waals surface area contributed by atoms with Crippen molar-refractivity contribution >= 4 is 9.24 Å². The minimum Gasteiger partial charge on any atom is -0.493 e. The molecule has 194 valence electrons. The van der Waals surface area contributed by atoms with E-state index < -0.39 is 6.10 Å². The van der Waals surface area contributed by atoms with Crippen molar-refractivity contribution in [2.75, 3.05) is 40.3 Å². The third-order valence-corrected chi connectivity index (χ3v) is 4.89. The van der Waals surface area contributed by atoms with Gasteiger partial charge in [0.05, 0.1) is 6.61 Å². The van der Waals surface area contributed by atoms with Crippen molar-refractivity contribution in [3.8, 4) is 11.5 Å². The van der Waals surface area contributed by atoms with Crippen LogP contribution >= 0.6 is 9.24 Å². The van der Waals surface area contributed by atoms with Gasteiger partial charge in [0.2, 0.25) is 6.10 Å². The van der Waals surface area contributed by atoms with Gasteiger partial charge in [-0.25, -0.2) is 4.39 Å². The average Bonchev–Trinajstić information content (AvgIpc) is 3.04. The molecule has 2 aromatic carbocycles. The van der Waals surface area contributed by atoms with Gasteiger partial charge in [-0.1, -0.05) is 56.0 Å². The molecule has 3 unspecified atom stereocenters. The molecule has 0 aromatic heterocycles. The minimum atomic E-state index is -1.45. The lowest BCUT2D eigenvalue weighted by molar-refractivity contribution is 0.153. The van der Waals surface area contributed by atoms with Crippen LogP contribution < -0.4 is 14.8 Å². The fraction of sp³-hybridized carbons (Fsp3) is 0.556. The predicted molar refractivity (Wildman–Crippen MR) is 144 cm³/mol. The zero-order valence-corrected chi connectivity index (χ0v) is 23.2. The Balaban J connectivity index is 0.000000769. The van der Waals surface area contributed by atoms with Crippen molar-refractivity contribution in [3.63, 3.8) is 0 Å². The van der Waals surface area contributed by atoms with Gasteiger partial charge in [0.15, 0.2) is 0 Å². The second-order valence-corrected chi connectivity index (χ2v) is 7.94. The molecule has 1 aliphatic rings. The summed E-state index contributed by atoms with van der Waals surface area (Å²) in [4.78, 5) is 2.17. The molecule has 3 atom stereocenters. The Bertz CT molecular complexity index is 759. The number of benzene rings is 2. The second kappa shape index (κ2) is 19.5. The van der Waals surface area contributed by atoms with Crippen LogP contribution in [0.2, 0.25) is 0 Å². The summed E-state index contributed by atoms with van der Waals surface area (Å²) in [5.74, 6) is 1.07. The van der Waals surface area contributed by atoms with Crippen LogP contribution in [-0.2, 0) is 0 Å². The van der Waals surface area contributed by atoms with Crippen LogP contribution in [0.1, 0.15) is 64.5 Å². The molecule has 0 saturated carbocycles. The van der Waals surface area contributed by atoms with E-state index in [0.29, 0.717) is 12.4 Å². The van der Waals surface area contributed by atoms with E-state index >= 15 is 0 Å². The van der Waals surface area contributed by atoms with Crippen LogP contribution in [-0.4, -0.2) is 51.3 Å². The number of fused-ring (bicyclic) bond motifs is 1. The molecule has 34 heavy (non-hydrogen) atoms. The number of hydrogen-bond acceptors (Lipinski definition) is 4. The molecule has 0 radical (unpaired) electrons. The van der Waals surface area contributed by atoms with Crippen LogP contribution in [0.3, 0.4) is 0 Å². The van der Waals surface area contributed by atoms with Gasteiger partial charge in [0, 0.05) is 24.6 Å². The maximum absolute atomic E-state index is 13.1. The SMILES string of the molecule is CC.CC.CCNCCN(C)C.Fc1ccc(C2CCCOc3ccc(OC(F)P)cc32)cc1. The van der Waals surface area contributed by atoms with Gasteiger partial charge in [-0.15, -0.1) is 0 Å². The summed E-state index contributed by atoms with van der Waals surface area (Å²) in [5.41, 5.74) is 1.97. The summed E-state index contributed by atoms with van der Waals surface area (Å²) in [7, 11) is 6.12. The van der Waals surface area contributed by atoms with E-state index in [1.165, 1.54) is 12.1 Å². The first kappa shape index (κ1) is 32.2. The number of alkyl halides is 1. The predicted octanol–water partition coefficient (Wildman–Crippen LogP) is 6.85. The molecule has 3 rings (SSSR count). The first-order valence-electron chi connectivity index (χ1n) is 12.3. The van der Waals surface area contributed by atoms with Gasteiger partial charge in [-0.05, 0) is 69.4 Å². The number of nitrogens with zero attached hydrogens (tertiary/aromatic N) is 1. The van der Waals surface area contributed by atoms with Crippen molar-refractivity contribution in [2.24, 2.45) is 0 Å². The van der Waals surface area contributed by atoms with Crippen LogP contribution in [0.4, 0.5) is 8.78 Å². The van der Waals surface area contributed by atoms with Crippen LogP contribution in [0.25, 0.3) is 0 Å². The fourth-order valence-corrected chi connectivity index (χ4v) is 3.44. The number of likely N-dealkylation sites (N-methyl/N-ethyl adjacent to an activating group) is 2. The number of ether oxygens (including phenoxy) is 2. The van der Waals surface area contributed by atoms with Crippen molar-refractivity contribution in [1.29, 1.82) is 0 Å². The molecule has 1 aliphatic heterocycles. The summed E-state index contributed by atoms with van der Waals surface area (Å²) in [6.45, 7) is 14.1. The van der Waals surface area contributed by atoms with E-state index in [2.05, 4.69) is 31.2 Å². The van der Waals surface area contributed by atoms with E-state index in [4.69, 9.17) is 9.47 Å². The molecule has 1 N–H and O–H groups in total. The van der Waals surface area contributed by atoms with Crippen molar-refractivity contribution < 1.29 is 18.3 Å². The number of rotatable bonds is 7. The quantitative estimate of drug-likeness (QED) is 0.334. The standard InChI is InChI=1S/C17H17F2O2P.C6H16N2.2C2H6/c18-12-5-3-11(4-6-12)14-2-1-9-20-16-8-7-13(10-15(14)16)21-17(19)22;1-4-7-5-6-8(2)3;2*1-2/h3-8,10,14,17H,1-2,9,22H2;7H,4-6H2,1-3H3;2*1-2H3. The number of halogens is 2. The monoisotopic (exact) mass is 498 g/mol. The zero-order chi connectivity index (χ0) is 25.9. The highest BCUT2D eigenvalue weighted by Crippen LogP contribution is 2.40. The molecule has 0 aliphatic carbocycles. The molecule has 0 spiro atoms. The largest absolute Gasteiger partial charge is 0.493 e. The normalized spacial score (nSPS) is 15.0. The first-order chi connectivity index (χ1) is 16.4. The van der Waals surface area contributed by atoms with E-state index in [1.807, 2.05) is 43.0 Å². The molecule has 4 nitrogen and oxygen atoms in total. The average molecular weight is 499 g/mol. The molecule has 0 bridgehead atoms. The number of hydrogen-bond donors (Lipinski definition) is 1. The molecule has 0 fully saturated rings. The summed E-state index contributed by atoms with van der Waals surface area (Å²) >= 11 is 0. The Morgan fingerprint density at radius 1 is 1.12 bits per heavy atom. The summed E-state index contributed by atoms with van der Waals surface area (Å²) in [6, 6.07) is 11.8. The highest BCUT2D eigenvalue weighted by molar-refractivity contribution is 7.16. The second-order valence-electron chi connectivity index (χ2n) is 7.42. The maximum Gasteiger partial charge on any atom is 0.249 e.